The molecule has 1 unspecified atom stereocenters. The number of benzene rings is 1. The summed E-state index contributed by atoms with van der Waals surface area (Å²) in [6.45, 7) is 0.953. The molecule has 0 aromatic heterocycles. The van der Waals surface area contributed by atoms with Crippen molar-refractivity contribution in [2.45, 2.75) is 6.10 Å². The van der Waals surface area contributed by atoms with Crippen LogP contribution in [0.25, 0.3) is 0 Å². The van der Waals surface area contributed by atoms with Crippen LogP contribution < -0.4 is 11.1 Å². The maximum atomic E-state index is 12.1. The normalized spacial score (nSPS) is 19.8. The number of hydrogen-bond acceptors (Lipinski definition) is 4. The van der Waals surface area contributed by atoms with Crippen LogP contribution in [0.2, 0.25) is 5.02 Å². The zero-order valence-electron chi connectivity index (χ0n) is 10.6. The molecule has 2 amide bonds. The van der Waals surface area contributed by atoms with Crippen molar-refractivity contribution < 1.29 is 14.7 Å². The number of amidine groups is 1. The molecule has 1 aromatic rings. The van der Waals surface area contributed by atoms with Crippen molar-refractivity contribution >= 4 is 29.2 Å². The topological polar surface area (TPSA) is 100 Å². The predicted molar refractivity (Wildman–Crippen MR) is 75.2 cm³/mol. The van der Waals surface area contributed by atoms with Crippen molar-refractivity contribution in [3.63, 3.8) is 0 Å². The average Bonchev–Trinajstić information content (AvgIpc) is 2.49. The number of ether oxygens (including phenoxy) is 1. The van der Waals surface area contributed by atoms with Gasteiger partial charge in [0.1, 0.15) is 6.10 Å². The second-order valence-electron chi connectivity index (χ2n) is 4.24. The summed E-state index contributed by atoms with van der Waals surface area (Å²) >= 11 is 5.98. The van der Waals surface area contributed by atoms with Gasteiger partial charge in [0, 0.05) is 6.54 Å². The van der Waals surface area contributed by atoms with Gasteiger partial charge in [0.25, 0.3) is 0 Å². The maximum absolute atomic E-state index is 12.1. The van der Waals surface area contributed by atoms with Crippen LogP contribution in [0.15, 0.2) is 29.4 Å². The molecule has 1 aromatic carbocycles. The van der Waals surface area contributed by atoms with Crippen LogP contribution in [0.4, 0.5) is 10.5 Å². The molecule has 1 fully saturated rings. The minimum Gasteiger partial charge on any atom is -0.409 e. The third-order valence-corrected chi connectivity index (χ3v) is 3.24. The molecule has 0 saturated carbocycles. The first-order chi connectivity index (χ1) is 9.61. The standard InChI is InChI=1S/C12H15ClN4O3/c13-8-3-1-2-4-9(8)15-12(18)17-5-6-20-10(7-17)11(14)16-19/h1-4,10,19H,5-7H2,(H2,14,16)(H,15,18). The van der Waals surface area contributed by atoms with E-state index in [0.717, 1.165) is 0 Å². The predicted octanol–water partition coefficient (Wildman–Crippen LogP) is 1.32. The lowest BCUT2D eigenvalue weighted by molar-refractivity contribution is 0.0223. The van der Waals surface area contributed by atoms with E-state index in [-0.39, 0.29) is 18.4 Å². The zero-order chi connectivity index (χ0) is 14.5. The first-order valence-electron chi connectivity index (χ1n) is 6.01. The number of rotatable bonds is 2. The van der Waals surface area contributed by atoms with Crippen LogP contribution in [0.3, 0.4) is 0 Å². The van der Waals surface area contributed by atoms with Crippen molar-refractivity contribution in [2.75, 3.05) is 25.0 Å². The minimum atomic E-state index is -0.606. The van der Waals surface area contributed by atoms with Crippen LogP contribution >= 0.6 is 11.6 Å². The van der Waals surface area contributed by atoms with E-state index in [1.165, 1.54) is 4.90 Å². The number of morpholine rings is 1. The summed E-state index contributed by atoms with van der Waals surface area (Å²) < 4.78 is 5.32. The Bertz CT molecular complexity index is 523. The van der Waals surface area contributed by atoms with E-state index in [9.17, 15) is 4.79 Å². The van der Waals surface area contributed by atoms with Crippen LogP contribution in [0.1, 0.15) is 0 Å². The van der Waals surface area contributed by atoms with Gasteiger partial charge in [-0.3, -0.25) is 0 Å². The fourth-order valence-electron chi connectivity index (χ4n) is 1.83. The van der Waals surface area contributed by atoms with Gasteiger partial charge in [-0.05, 0) is 12.1 Å². The summed E-state index contributed by atoms with van der Waals surface area (Å²) in [6.07, 6.45) is -0.606. The maximum Gasteiger partial charge on any atom is 0.322 e. The Labute approximate surface area is 120 Å². The van der Waals surface area contributed by atoms with Gasteiger partial charge < -0.3 is 25.9 Å². The second kappa shape index (κ2) is 6.44. The number of oxime groups is 1. The molecule has 20 heavy (non-hydrogen) atoms. The van der Waals surface area contributed by atoms with Gasteiger partial charge in [-0.25, -0.2) is 4.79 Å². The molecule has 0 bridgehead atoms. The molecule has 0 radical (unpaired) electrons. The number of nitrogens with one attached hydrogen (secondary N) is 1. The Kier molecular flexibility index (Phi) is 4.65. The van der Waals surface area contributed by atoms with E-state index in [2.05, 4.69) is 10.5 Å². The molecule has 1 atom stereocenters. The molecule has 2 rings (SSSR count). The van der Waals surface area contributed by atoms with Gasteiger partial charge in [0.15, 0.2) is 5.84 Å². The van der Waals surface area contributed by atoms with Crippen LogP contribution in [-0.4, -0.2) is 47.8 Å². The van der Waals surface area contributed by atoms with Gasteiger partial charge in [-0.2, -0.15) is 0 Å². The highest BCUT2D eigenvalue weighted by Crippen LogP contribution is 2.21. The number of carbonyl (C=O) groups is 1. The van der Waals surface area contributed by atoms with Crippen molar-refractivity contribution in [1.82, 2.24) is 4.90 Å². The highest BCUT2D eigenvalue weighted by atomic mass is 35.5. The van der Waals surface area contributed by atoms with Crippen molar-refractivity contribution in [3.8, 4) is 0 Å². The molecule has 8 heteroatoms. The van der Waals surface area contributed by atoms with Crippen LogP contribution in [0.5, 0.6) is 0 Å². The molecule has 108 valence electrons. The summed E-state index contributed by atoms with van der Waals surface area (Å²) in [7, 11) is 0. The molecule has 1 saturated heterocycles. The summed E-state index contributed by atoms with van der Waals surface area (Å²) in [4.78, 5) is 13.7. The van der Waals surface area contributed by atoms with E-state index >= 15 is 0 Å². The average molecular weight is 299 g/mol. The van der Waals surface area contributed by atoms with Crippen LogP contribution in [-0.2, 0) is 4.74 Å². The summed E-state index contributed by atoms with van der Waals surface area (Å²) in [5, 5.41) is 14.7. The number of carbonyl (C=O) groups excluding carboxylic acids is 1. The molecule has 7 nitrogen and oxygen atoms in total. The number of anilines is 1. The van der Waals surface area contributed by atoms with Gasteiger partial charge in [-0.1, -0.05) is 28.9 Å². The summed E-state index contributed by atoms with van der Waals surface area (Å²) in [5.74, 6) is -0.0553. The van der Waals surface area contributed by atoms with Gasteiger partial charge >= 0.3 is 6.03 Å². The molecule has 0 aliphatic carbocycles. The fraction of sp³-hybridized carbons (Fsp3) is 0.333. The Morgan fingerprint density at radius 3 is 3.00 bits per heavy atom. The van der Waals surface area contributed by atoms with E-state index < -0.39 is 6.10 Å². The van der Waals surface area contributed by atoms with Gasteiger partial charge in [0.05, 0.1) is 23.9 Å². The largest absolute Gasteiger partial charge is 0.409 e. The third kappa shape index (κ3) is 3.31. The van der Waals surface area contributed by atoms with Gasteiger partial charge in [0.2, 0.25) is 0 Å². The number of amides is 2. The molecule has 1 aliphatic rings. The first-order valence-corrected chi connectivity index (χ1v) is 6.39. The molecule has 1 heterocycles. The Morgan fingerprint density at radius 1 is 1.55 bits per heavy atom. The Hall–Kier alpha value is -1.99. The number of hydrogen-bond donors (Lipinski definition) is 3. The number of nitrogens with zero attached hydrogens (tertiary/aromatic N) is 2. The minimum absolute atomic E-state index is 0.0553. The van der Waals surface area contributed by atoms with Crippen LogP contribution in [0, 0.1) is 0 Å². The second-order valence-corrected chi connectivity index (χ2v) is 4.65. The fourth-order valence-corrected chi connectivity index (χ4v) is 2.02. The third-order valence-electron chi connectivity index (χ3n) is 2.91. The lowest BCUT2D eigenvalue weighted by Crippen LogP contribution is -2.51. The summed E-state index contributed by atoms with van der Waals surface area (Å²) in [6, 6.07) is 6.65. The Balaban J connectivity index is 2.01. The van der Waals surface area contributed by atoms with Crippen molar-refractivity contribution in [2.24, 2.45) is 10.9 Å². The first kappa shape index (κ1) is 14.4. The molecule has 4 N–H and O–H groups in total. The Morgan fingerprint density at radius 2 is 2.30 bits per heavy atom. The molecular weight excluding hydrogens is 284 g/mol. The zero-order valence-corrected chi connectivity index (χ0v) is 11.4. The lowest BCUT2D eigenvalue weighted by atomic mass is 10.2. The summed E-state index contributed by atoms with van der Waals surface area (Å²) in [5.41, 5.74) is 6.02. The lowest BCUT2D eigenvalue weighted by Gasteiger charge is -2.32. The van der Waals surface area contributed by atoms with Crippen molar-refractivity contribution in [3.05, 3.63) is 29.3 Å². The highest BCUT2D eigenvalue weighted by Gasteiger charge is 2.27. The monoisotopic (exact) mass is 298 g/mol. The smallest absolute Gasteiger partial charge is 0.322 e. The van der Waals surface area contributed by atoms with E-state index in [4.69, 9.17) is 27.3 Å². The quantitative estimate of drug-likeness (QED) is 0.332. The number of nitrogens with two attached hydrogens (primary N) is 1. The molecular formula is C12H15ClN4O3. The van der Waals surface area contributed by atoms with E-state index in [1.807, 2.05) is 0 Å². The molecule has 0 spiro atoms. The van der Waals surface area contributed by atoms with Gasteiger partial charge in [-0.15, -0.1) is 0 Å². The van der Waals surface area contributed by atoms with E-state index in [1.54, 1.807) is 24.3 Å². The van der Waals surface area contributed by atoms with E-state index in [0.29, 0.717) is 23.9 Å². The van der Waals surface area contributed by atoms with Crippen molar-refractivity contribution in [1.29, 1.82) is 0 Å². The SMILES string of the molecule is NC(=NO)C1CN(C(=O)Nc2ccccc2Cl)CCO1. The highest BCUT2D eigenvalue weighted by molar-refractivity contribution is 6.33. The molecule has 1 aliphatic heterocycles. The number of para-hydroxylation sites is 1. The number of urea groups is 1. The number of halogens is 1.